The molecule has 0 spiro atoms. The van der Waals surface area contributed by atoms with Crippen molar-refractivity contribution in [1.82, 2.24) is 0 Å². The predicted octanol–water partition coefficient (Wildman–Crippen LogP) is 4.74. The van der Waals surface area contributed by atoms with E-state index in [0.717, 1.165) is 5.69 Å². The highest BCUT2D eigenvalue weighted by Gasteiger charge is 2.20. The number of carbonyl (C=O) groups excluding carboxylic acids is 1. The van der Waals surface area contributed by atoms with E-state index in [4.69, 9.17) is 39.5 Å². The van der Waals surface area contributed by atoms with Crippen LogP contribution in [0.5, 0.6) is 0 Å². The van der Waals surface area contributed by atoms with Crippen LogP contribution in [0.1, 0.15) is 10.4 Å². The molecule has 0 saturated carbocycles. The van der Waals surface area contributed by atoms with Crippen LogP contribution in [-0.2, 0) is 4.74 Å². The summed E-state index contributed by atoms with van der Waals surface area (Å²) in [6.07, 6.45) is 0. The molecule has 3 rings (SSSR count). The lowest BCUT2D eigenvalue weighted by Gasteiger charge is -2.31. The van der Waals surface area contributed by atoms with Crippen LogP contribution < -0.4 is 10.2 Å². The van der Waals surface area contributed by atoms with E-state index in [1.165, 1.54) is 6.07 Å². The van der Waals surface area contributed by atoms with Crippen LogP contribution in [0, 0.1) is 0 Å². The summed E-state index contributed by atoms with van der Waals surface area (Å²) in [5.41, 5.74) is 1.73. The third kappa shape index (κ3) is 3.78. The smallest absolute Gasteiger partial charge is 0.257 e. The Morgan fingerprint density at radius 3 is 2.54 bits per heavy atom. The zero-order valence-corrected chi connectivity index (χ0v) is 15.0. The van der Waals surface area contributed by atoms with Gasteiger partial charge >= 0.3 is 0 Å². The first-order valence-corrected chi connectivity index (χ1v) is 8.57. The van der Waals surface area contributed by atoms with E-state index < -0.39 is 0 Å². The molecule has 126 valence electrons. The maximum Gasteiger partial charge on any atom is 0.257 e. The average Bonchev–Trinajstić information content (AvgIpc) is 2.58. The van der Waals surface area contributed by atoms with Crippen LogP contribution in [0.2, 0.25) is 15.1 Å². The molecule has 0 aromatic heterocycles. The molecule has 1 aliphatic rings. The van der Waals surface area contributed by atoms with Crippen molar-refractivity contribution in [2.45, 2.75) is 0 Å². The number of hydrogen-bond acceptors (Lipinski definition) is 3. The van der Waals surface area contributed by atoms with Gasteiger partial charge in [-0.15, -0.1) is 0 Å². The van der Waals surface area contributed by atoms with Crippen LogP contribution in [0.15, 0.2) is 36.4 Å². The highest BCUT2D eigenvalue weighted by atomic mass is 35.5. The first kappa shape index (κ1) is 17.4. The molecule has 0 aliphatic carbocycles. The molecule has 0 radical (unpaired) electrons. The highest BCUT2D eigenvalue weighted by molar-refractivity contribution is 6.37. The van der Waals surface area contributed by atoms with Gasteiger partial charge in [-0.3, -0.25) is 4.79 Å². The van der Waals surface area contributed by atoms with Crippen LogP contribution in [0.4, 0.5) is 11.4 Å². The summed E-state index contributed by atoms with van der Waals surface area (Å²) < 4.78 is 5.38. The summed E-state index contributed by atoms with van der Waals surface area (Å²) in [5.74, 6) is -0.334. The van der Waals surface area contributed by atoms with E-state index in [1.807, 2.05) is 6.07 Å². The Morgan fingerprint density at radius 2 is 1.79 bits per heavy atom. The van der Waals surface area contributed by atoms with Gasteiger partial charge < -0.3 is 15.0 Å². The van der Waals surface area contributed by atoms with Crippen molar-refractivity contribution in [2.75, 3.05) is 36.5 Å². The van der Waals surface area contributed by atoms with E-state index in [2.05, 4.69) is 10.2 Å². The van der Waals surface area contributed by atoms with Gasteiger partial charge in [0.05, 0.1) is 40.2 Å². The predicted molar refractivity (Wildman–Crippen MR) is 98.9 cm³/mol. The van der Waals surface area contributed by atoms with Crippen molar-refractivity contribution in [3.63, 3.8) is 0 Å². The standard InChI is InChI=1S/C17H15Cl3N2O2/c18-11-4-5-13(19)12(10-11)17(23)21-15-3-1-2-14(20)16(15)22-6-8-24-9-7-22/h1-5,10H,6-9H2,(H,21,23). The number of nitrogens with one attached hydrogen (secondary N) is 1. The van der Waals surface area contributed by atoms with E-state index in [-0.39, 0.29) is 5.91 Å². The first-order valence-electron chi connectivity index (χ1n) is 7.44. The molecule has 2 aromatic carbocycles. The number of benzene rings is 2. The topological polar surface area (TPSA) is 41.6 Å². The molecule has 1 amide bonds. The van der Waals surface area contributed by atoms with E-state index >= 15 is 0 Å². The molecule has 7 heteroatoms. The number of amides is 1. The second-order valence-corrected chi connectivity index (χ2v) is 6.56. The third-order valence-corrected chi connectivity index (χ3v) is 4.61. The number of ether oxygens (including phenoxy) is 1. The maximum absolute atomic E-state index is 12.6. The fourth-order valence-electron chi connectivity index (χ4n) is 2.59. The molecule has 0 atom stereocenters. The largest absolute Gasteiger partial charge is 0.378 e. The molecule has 1 fully saturated rings. The normalized spacial score (nSPS) is 14.5. The van der Waals surface area contributed by atoms with Crippen LogP contribution >= 0.6 is 34.8 Å². The van der Waals surface area contributed by atoms with Gasteiger partial charge in [-0.25, -0.2) is 0 Å². The molecule has 0 unspecified atom stereocenters. The van der Waals surface area contributed by atoms with Crippen molar-refractivity contribution < 1.29 is 9.53 Å². The van der Waals surface area contributed by atoms with Gasteiger partial charge in [0.25, 0.3) is 5.91 Å². The summed E-state index contributed by atoms with van der Waals surface area (Å²) >= 11 is 18.4. The Morgan fingerprint density at radius 1 is 1.04 bits per heavy atom. The van der Waals surface area contributed by atoms with Gasteiger partial charge in [0.2, 0.25) is 0 Å². The number of morpholine rings is 1. The molecule has 1 saturated heterocycles. The summed E-state index contributed by atoms with van der Waals surface area (Å²) in [6.45, 7) is 2.67. The summed E-state index contributed by atoms with van der Waals surface area (Å²) in [6, 6.07) is 10.2. The number of carbonyl (C=O) groups is 1. The Hall–Kier alpha value is -1.46. The minimum absolute atomic E-state index is 0.317. The first-order chi connectivity index (χ1) is 11.6. The Labute approximate surface area is 155 Å². The van der Waals surface area contributed by atoms with Crippen molar-refractivity contribution in [2.24, 2.45) is 0 Å². The number of anilines is 2. The molecular formula is C17H15Cl3N2O2. The van der Waals surface area contributed by atoms with E-state index in [0.29, 0.717) is 52.6 Å². The zero-order valence-electron chi connectivity index (χ0n) is 12.7. The average molecular weight is 386 g/mol. The van der Waals surface area contributed by atoms with Crippen molar-refractivity contribution in [3.8, 4) is 0 Å². The molecule has 1 N–H and O–H groups in total. The number of para-hydroxylation sites is 1. The molecular weight excluding hydrogens is 371 g/mol. The third-order valence-electron chi connectivity index (χ3n) is 3.74. The molecule has 1 heterocycles. The lowest BCUT2D eigenvalue weighted by atomic mass is 10.2. The number of rotatable bonds is 3. The number of halogens is 3. The van der Waals surface area contributed by atoms with E-state index in [1.54, 1.807) is 24.3 Å². The second-order valence-electron chi connectivity index (χ2n) is 5.31. The fourth-order valence-corrected chi connectivity index (χ4v) is 3.26. The Bertz CT molecular complexity index is 761. The Kier molecular flexibility index (Phi) is 5.51. The quantitative estimate of drug-likeness (QED) is 0.830. The molecule has 24 heavy (non-hydrogen) atoms. The fraction of sp³-hybridized carbons (Fsp3) is 0.235. The molecule has 2 aromatic rings. The van der Waals surface area contributed by atoms with Crippen LogP contribution in [0.25, 0.3) is 0 Å². The molecule has 1 aliphatic heterocycles. The van der Waals surface area contributed by atoms with Gasteiger partial charge in [-0.2, -0.15) is 0 Å². The van der Waals surface area contributed by atoms with Crippen molar-refractivity contribution in [3.05, 3.63) is 57.0 Å². The second kappa shape index (κ2) is 7.62. The van der Waals surface area contributed by atoms with Crippen molar-refractivity contribution in [1.29, 1.82) is 0 Å². The summed E-state index contributed by atoms with van der Waals surface area (Å²) in [7, 11) is 0. The van der Waals surface area contributed by atoms with Gasteiger partial charge in [0.15, 0.2) is 0 Å². The minimum Gasteiger partial charge on any atom is -0.378 e. The molecule has 0 bridgehead atoms. The Balaban J connectivity index is 1.91. The minimum atomic E-state index is -0.334. The van der Waals surface area contributed by atoms with Gasteiger partial charge in [-0.1, -0.05) is 40.9 Å². The summed E-state index contributed by atoms with van der Waals surface area (Å²) in [4.78, 5) is 14.7. The SMILES string of the molecule is O=C(Nc1cccc(Cl)c1N1CCOCC1)c1cc(Cl)ccc1Cl. The number of nitrogens with zero attached hydrogens (tertiary/aromatic N) is 1. The van der Waals surface area contributed by atoms with Gasteiger partial charge in [0, 0.05) is 18.1 Å². The monoisotopic (exact) mass is 384 g/mol. The maximum atomic E-state index is 12.6. The van der Waals surface area contributed by atoms with Crippen LogP contribution in [0.3, 0.4) is 0 Å². The lowest BCUT2D eigenvalue weighted by Crippen LogP contribution is -2.37. The highest BCUT2D eigenvalue weighted by Crippen LogP contribution is 2.35. The van der Waals surface area contributed by atoms with Crippen molar-refractivity contribution >= 4 is 52.1 Å². The number of hydrogen-bond donors (Lipinski definition) is 1. The molecule has 4 nitrogen and oxygen atoms in total. The summed E-state index contributed by atoms with van der Waals surface area (Å²) in [5, 5.41) is 4.25. The lowest BCUT2D eigenvalue weighted by molar-refractivity contribution is 0.102. The van der Waals surface area contributed by atoms with E-state index in [9.17, 15) is 4.79 Å². The van der Waals surface area contributed by atoms with Gasteiger partial charge in [-0.05, 0) is 30.3 Å². The van der Waals surface area contributed by atoms with Gasteiger partial charge in [0.1, 0.15) is 0 Å². The zero-order chi connectivity index (χ0) is 17.1. The van der Waals surface area contributed by atoms with Crippen LogP contribution in [-0.4, -0.2) is 32.2 Å².